The fraction of sp³-hybridized carbons (Fsp3) is 0.250. The second-order valence-electron chi connectivity index (χ2n) is 35.6. The van der Waals surface area contributed by atoms with Gasteiger partial charge < -0.3 is 56.0 Å². The number of likely N-dealkylation sites (tertiary alicyclic amines) is 3. The van der Waals surface area contributed by atoms with Gasteiger partial charge in [-0.05, 0) is 254 Å². The number of nitrogens with zero attached hydrogens (tertiary/aromatic N) is 12. The zero-order valence-corrected chi connectivity index (χ0v) is 85.4. The summed E-state index contributed by atoms with van der Waals surface area (Å²) in [5.74, 6) is -2.70. The van der Waals surface area contributed by atoms with Gasteiger partial charge in [-0.3, -0.25) is 53.1 Å². The van der Waals surface area contributed by atoms with Crippen molar-refractivity contribution in [3.8, 4) is 68.8 Å². The second-order valence-corrected chi connectivity index (χ2v) is 38.6. The molecule has 0 aromatic heterocycles. The topological polar surface area (TPSA) is 346 Å². The van der Waals surface area contributed by atoms with E-state index >= 15 is 0 Å². The number of benzene rings is 12. The zero-order valence-electron chi connectivity index (χ0n) is 80.1. The Labute approximate surface area is 883 Å². The highest BCUT2D eigenvalue weighted by Crippen LogP contribution is 2.31. The highest BCUT2D eigenvalue weighted by Gasteiger charge is 2.30. The number of aliphatic hydroxyl groups excluding tert-OH is 2. The molecule has 0 bridgehead atoms. The number of likely N-dealkylation sites (N-methyl/N-ethyl adjacent to an activating group) is 1. The van der Waals surface area contributed by atoms with Gasteiger partial charge in [-0.1, -0.05) is 227 Å². The number of aliphatic hydroxyl groups is 2. The molecule has 3 saturated heterocycles. The molecule has 15 rings (SSSR count). The first kappa shape index (κ1) is 111. The smallest absolute Gasteiger partial charge is 0.244 e. The minimum Gasteiger partial charge on any atom is -0.392 e. The number of hydrogen-bond acceptors (Lipinski definition) is 18. The summed E-state index contributed by atoms with van der Waals surface area (Å²) in [6.07, 6.45) is 3.62. The molecule has 2 atom stereocenters. The van der Waals surface area contributed by atoms with Gasteiger partial charge in [-0.15, -0.1) is 0 Å². The van der Waals surface area contributed by atoms with E-state index in [9.17, 15) is 53.0 Å². The molecule has 0 unspecified atom stereocenters. The summed E-state index contributed by atoms with van der Waals surface area (Å²) in [5, 5.41) is 69.5. The maximum atomic E-state index is 13.5. The van der Waals surface area contributed by atoms with Crippen LogP contribution >= 0.6 is 81.2 Å². The number of halogens is 8. The lowest BCUT2D eigenvalue weighted by Crippen LogP contribution is -2.44. The van der Waals surface area contributed by atoms with Crippen LogP contribution in [0, 0.1) is 51.1 Å². The lowest BCUT2D eigenvalue weighted by atomic mass is 10.0. The molecule has 6 N–H and O–H groups in total. The number of carbonyl (C=O) groups is 8. The van der Waals surface area contributed by atoms with Crippen molar-refractivity contribution in [3.05, 3.63) is 352 Å². The van der Waals surface area contributed by atoms with E-state index in [4.69, 9.17) is 102 Å². The number of β-amino-alcohol motifs (C(OH)–C–C–N with tert-alkyl or cyclic N) is 2. The molecule has 12 aromatic carbocycles. The van der Waals surface area contributed by atoms with Crippen LogP contribution in [0.5, 0.6) is 0 Å². The van der Waals surface area contributed by atoms with Gasteiger partial charge in [-0.25, -0.2) is 4.39 Å². The molecule has 0 aliphatic carbocycles. The van der Waals surface area contributed by atoms with E-state index < -0.39 is 23.9 Å². The predicted octanol–water partition coefficient (Wildman–Crippen LogP) is 19.4. The van der Waals surface area contributed by atoms with Crippen molar-refractivity contribution in [1.82, 2.24) is 39.2 Å². The van der Waals surface area contributed by atoms with Crippen LogP contribution in [0.25, 0.3) is 44.5 Å². The molecule has 34 heteroatoms. The van der Waals surface area contributed by atoms with Crippen LogP contribution in [0.3, 0.4) is 0 Å². The molecule has 8 amide bonds. The van der Waals surface area contributed by atoms with Crippen molar-refractivity contribution >= 4 is 151 Å². The maximum absolute atomic E-state index is 13.5. The van der Waals surface area contributed by atoms with Crippen LogP contribution in [0.1, 0.15) is 70.2 Å². The van der Waals surface area contributed by atoms with E-state index in [0.717, 1.165) is 92.7 Å². The summed E-state index contributed by atoms with van der Waals surface area (Å²) in [6.45, 7) is 5.35. The van der Waals surface area contributed by atoms with Crippen LogP contribution in [0.2, 0.25) is 35.2 Å². The van der Waals surface area contributed by atoms with Crippen molar-refractivity contribution in [3.63, 3.8) is 0 Å². The van der Waals surface area contributed by atoms with E-state index in [1.807, 2.05) is 180 Å². The van der Waals surface area contributed by atoms with Gasteiger partial charge in [0.05, 0.1) is 103 Å². The molecular weight excluding hydrogens is 2000 g/mol. The number of nitrogens with one attached hydrogen (secondary N) is 4. The molecule has 3 fully saturated rings. The molecule has 750 valence electrons. The number of carbonyl (C=O) groups excluding carboxylic acids is 8. The van der Waals surface area contributed by atoms with Crippen molar-refractivity contribution in [1.29, 1.82) is 21.0 Å². The van der Waals surface area contributed by atoms with Crippen molar-refractivity contribution in [2.24, 2.45) is 0 Å². The summed E-state index contributed by atoms with van der Waals surface area (Å²) in [7, 11) is 3.60. The lowest BCUT2D eigenvalue weighted by Gasteiger charge is -2.25. The Morgan fingerprint density at radius 2 is 0.630 bits per heavy atom. The number of rotatable bonds is 34. The standard InChI is InChI=1S/C29H28Cl2N4O3.C29H28ClFN4O3.C28H26Cl2N4O2.C26H24Cl2N4O2/c30-24-13-25(31)15-26(14-24)33-28(37)18-35(29(38)19-34-10-9-27(36)17-34)11-8-20-4-6-22(7-5-20)23-3-1-2-21(12-23)16-32;30-26-15-24(8-9-27(26)31)33-28(37)18-35(29(38)19-34-12-11-25(36)17-34)13-10-20-4-6-22(7-5-20)23-3-1-2-21(14-23)16-32;29-24-13-25(30)15-26(14-24)32-27(35)18-34(28(36)19-33-10-1-2-11-33)17-20-6-8-22(9-7-20)23-5-3-4-21(12-23)16-31;1-31(2)17-26(34)32(16-25(33)30-24-12-22(27)11-23(28)13-24)15-18-6-8-20(9-7-18)21-5-3-4-19(10-21)14-29/h1-7,12-15,27,36H,8-11,17-19H2,(H,33,37);1-9,14-15,25,36H,10-13,17-19H2,(H,33,37);3-9,12-15H,1-2,10-11,17-19H2,(H,32,35);3-13H,15-17H2,1-2H3,(H,30,33)/t27-;25-;;/m11../s1. The average molecular weight is 2100 g/mol. The molecule has 12 aromatic rings. The molecule has 26 nitrogen and oxygen atoms in total. The van der Waals surface area contributed by atoms with Crippen molar-refractivity contribution in [2.75, 3.05) is 140 Å². The number of amides is 8. The van der Waals surface area contributed by atoms with E-state index in [1.165, 1.54) is 32.9 Å². The minimum atomic E-state index is -0.585. The highest BCUT2D eigenvalue weighted by molar-refractivity contribution is 6.36. The maximum Gasteiger partial charge on any atom is 0.244 e. The van der Waals surface area contributed by atoms with Crippen molar-refractivity contribution < 1.29 is 53.0 Å². The van der Waals surface area contributed by atoms with Gasteiger partial charge >= 0.3 is 0 Å². The average Bonchev–Trinajstić information content (AvgIpc) is 0.904. The summed E-state index contributed by atoms with van der Waals surface area (Å²) in [6, 6.07) is 87.7. The van der Waals surface area contributed by atoms with E-state index in [0.29, 0.717) is 147 Å². The van der Waals surface area contributed by atoms with E-state index in [-0.39, 0.29) is 105 Å². The summed E-state index contributed by atoms with van der Waals surface area (Å²) >= 11 is 42.0. The molecule has 0 spiro atoms. The molecular formula is C112H106Cl7FN16O10. The summed E-state index contributed by atoms with van der Waals surface area (Å²) in [4.78, 5) is 117. The SMILES string of the molecule is CN(C)CC(=O)N(CC(=O)Nc1cc(Cl)cc(Cl)c1)Cc1ccc(-c2cccc(C#N)c2)cc1.N#Cc1cccc(-c2ccc(CCN(CC(=O)Nc3cc(Cl)cc(Cl)c3)C(=O)CN3CC[C@@H](O)C3)cc2)c1.N#Cc1cccc(-c2ccc(CCN(CC(=O)Nc3ccc(F)c(Cl)c3)C(=O)CN3CC[C@@H](O)C3)cc2)c1.N#Cc1cccc(-c2ccc(CN(CC(=O)Nc3cc(Cl)cc(Cl)c3)C(=O)CN3CCCC3)cc2)c1. The normalized spacial score (nSPS) is 13.6. The van der Waals surface area contributed by atoms with Gasteiger partial charge in [0.1, 0.15) is 18.9 Å². The third-order valence-electron chi connectivity index (χ3n) is 23.8. The van der Waals surface area contributed by atoms with Crippen LogP contribution in [0.4, 0.5) is 27.1 Å². The molecule has 0 saturated carbocycles. The molecule has 3 heterocycles. The van der Waals surface area contributed by atoms with Crippen molar-refractivity contribution in [2.45, 2.75) is 63.8 Å². The van der Waals surface area contributed by atoms with Crippen LogP contribution in [0.15, 0.2) is 267 Å². The fourth-order valence-electron chi connectivity index (χ4n) is 16.5. The highest BCUT2D eigenvalue weighted by atomic mass is 35.5. The Hall–Kier alpha value is -13.9. The van der Waals surface area contributed by atoms with Crippen LogP contribution in [-0.2, 0) is 64.3 Å². The zero-order chi connectivity index (χ0) is 104. The number of nitriles is 4. The third-order valence-corrected chi connectivity index (χ3v) is 25.4. The van der Waals surface area contributed by atoms with Gasteiger partial charge in [0.25, 0.3) is 0 Å². The Kier molecular flexibility index (Phi) is 42.1. The van der Waals surface area contributed by atoms with Gasteiger partial charge in [0, 0.05) is 105 Å². The minimum absolute atomic E-state index is 0.0945. The largest absolute Gasteiger partial charge is 0.392 e. The van der Waals surface area contributed by atoms with Gasteiger partial charge in [-0.2, -0.15) is 21.0 Å². The first-order chi connectivity index (χ1) is 70.2. The first-order valence-electron chi connectivity index (χ1n) is 46.9. The van der Waals surface area contributed by atoms with E-state index in [2.05, 4.69) is 50.4 Å². The Bertz CT molecular complexity index is 6740. The Morgan fingerprint density at radius 3 is 0.932 bits per heavy atom. The molecule has 146 heavy (non-hydrogen) atoms. The quantitative estimate of drug-likeness (QED) is 0.0218. The molecule has 3 aliphatic heterocycles. The third kappa shape index (κ3) is 35.8. The molecule has 3 aliphatic rings. The monoisotopic (exact) mass is 2100 g/mol. The summed E-state index contributed by atoms with van der Waals surface area (Å²) in [5.41, 5.74) is 15.6. The molecule has 0 radical (unpaired) electrons. The number of hydrogen-bond donors (Lipinski definition) is 6. The van der Waals surface area contributed by atoms with E-state index in [1.54, 1.807) is 103 Å². The van der Waals surface area contributed by atoms with Crippen LogP contribution < -0.4 is 21.3 Å². The van der Waals surface area contributed by atoms with Gasteiger partial charge in [0.2, 0.25) is 47.3 Å². The number of anilines is 4. The van der Waals surface area contributed by atoms with Gasteiger partial charge in [0.15, 0.2) is 0 Å². The first-order valence-corrected chi connectivity index (χ1v) is 49.6. The summed E-state index contributed by atoms with van der Waals surface area (Å²) < 4.78 is 13.5. The van der Waals surface area contributed by atoms with Crippen LogP contribution in [-0.4, -0.2) is 228 Å². The predicted molar refractivity (Wildman–Crippen MR) is 571 cm³/mol. The fourth-order valence-corrected chi connectivity index (χ4v) is 18.2. The Morgan fingerprint density at radius 1 is 0.336 bits per heavy atom. The Balaban J connectivity index is 0.000000173. The lowest BCUT2D eigenvalue weighted by molar-refractivity contribution is -0.136. The second kappa shape index (κ2) is 55.4.